The van der Waals surface area contributed by atoms with E-state index in [4.69, 9.17) is 27.9 Å². The molecule has 158 valence electrons. The van der Waals surface area contributed by atoms with Gasteiger partial charge in [-0.25, -0.2) is 9.59 Å². The van der Waals surface area contributed by atoms with Gasteiger partial charge in [-0.1, -0.05) is 48.7 Å². The fourth-order valence-corrected chi connectivity index (χ4v) is 3.97. The monoisotopic (exact) mass is 441 g/mol. The molecule has 6 nitrogen and oxygen atoms in total. The van der Waals surface area contributed by atoms with Crippen molar-refractivity contribution in [3.05, 3.63) is 56.3 Å². The van der Waals surface area contributed by atoms with Crippen LogP contribution < -0.4 is 0 Å². The average Bonchev–Trinajstić information content (AvgIpc) is 2.65. The number of hydrogen-bond acceptors (Lipinski definition) is 4. The second kappa shape index (κ2) is 10.1. The number of carboxylic acid groups (broad SMARTS) is 2. The van der Waals surface area contributed by atoms with Gasteiger partial charge in [0.1, 0.15) is 0 Å². The normalized spacial score (nSPS) is 15.3. The van der Waals surface area contributed by atoms with Gasteiger partial charge in [0.25, 0.3) is 0 Å². The molecule has 1 heterocycles. The summed E-state index contributed by atoms with van der Waals surface area (Å²) < 4.78 is 5.59. The number of carboxylic acids is 2. The molecule has 0 spiro atoms. The molecule has 29 heavy (non-hydrogen) atoms. The first-order valence-electron chi connectivity index (χ1n) is 9.39. The second-order valence-corrected chi connectivity index (χ2v) is 7.59. The zero-order chi connectivity index (χ0) is 21.7. The van der Waals surface area contributed by atoms with Crippen molar-refractivity contribution in [1.29, 1.82) is 0 Å². The molecule has 0 radical (unpaired) electrons. The highest BCUT2D eigenvalue weighted by Crippen LogP contribution is 2.45. The van der Waals surface area contributed by atoms with E-state index < -0.39 is 17.9 Å². The quantitative estimate of drug-likeness (QED) is 0.528. The van der Waals surface area contributed by atoms with Gasteiger partial charge < -0.3 is 19.8 Å². The molecule has 0 saturated heterocycles. The summed E-state index contributed by atoms with van der Waals surface area (Å²) in [6.45, 7) is 6.72. The molecule has 1 aromatic carbocycles. The van der Waals surface area contributed by atoms with Gasteiger partial charge >= 0.3 is 11.9 Å². The lowest BCUT2D eigenvalue weighted by atomic mass is 9.79. The van der Waals surface area contributed by atoms with Crippen LogP contribution in [0.2, 0.25) is 10.0 Å². The highest BCUT2D eigenvalue weighted by molar-refractivity contribution is 6.42. The van der Waals surface area contributed by atoms with E-state index in [-0.39, 0.29) is 21.2 Å². The van der Waals surface area contributed by atoms with Crippen molar-refractivity contribution in [3.8, 4) is 0 Å². The van der Waals surface area contributed by atoms with E-state index in [0.717, 1.165) is 12.8 Å². The van der Waals surface area contributed by atoms with Gasteiger partial charge in [-0.3, -0.25) is 0 Å². The standard InChI is InChI=1S/C21H25Cl2NO5/c1-4-5-10-29-11-9-24-12(2)16(20(25)26)18(17(13(24)3)21(27)28)14-7-6-8-15(22)19(14)23/h6-8,18H,4-5,9-11H2,1-3H3,(H,25,26)(H,27,28). The Kier molecular flexibility index (Phi) is 8.14. The lowest BCUT2D eigenvalue weighted by molar-refractivity contribution is -0.133. The molecule has 0 bridgehead atoms. The fourth-order valence-electron chi connectivity index (χ4n) is 3.56. The number of unbranched alkanes of at least 4 members (excludes halogenated alkanes) is 1. The van der Waals surface area contributed by atoms with Crippen molar-refractivity contribution < 1.29 is 24.5 Å². The summed E-state index contributed by atoms with van der Waals surface area (Å²) in [6, 6.07) is 4.81. The number of halogens is 2. The van der Waals surface area contributed by atoms with Crippen LogP contribution in [0, 0.1) is 0 Å². The number of benzene rings is 1. The second-order valence-electron chi connectivity index (χ2n) is 6.80. The van der Waals surface area contributed by atoms with E-state index in [1.54, 1.807) is 36.9 Å². The van der Waals surface area contributed by atoms with Crippen LogP contribution in [0.5, 0.6) is 0 Å². The molecule has 2 rings (SSSR count). The van der Waals surface area contributed by atoms with Crippen molar-refractivity contribution >= 4 is 35.1 Å². The molecule has 0 fully saturated rings. The number of nitrogens with zero attached hydrogens (tertiary/aromatic N) is 1. The molecule has 1 aromatic rings. The predicted octanol–water partition coefficient (Wildman–Crippen LogP) is 4.93. The molecule has 0 atom stereocenters. The number of ether oxygens (including phenoxy) is 1. The first-order chi connectivity index (χ1) is 13.7. The minimum atomic E-state index is -1.20. The van der Waals surface area contributed by atoms with Crippen molar-refractivity contribution in [2.75, 3.05) is 19.8 Å². The number of rotatable bonds is 9. The number of aliphatic carboxylic acids is 2. The summed E-state index contributed by atoms with van der Waals surface area (Å²) in [6.07, 6.45) is 1.94. The molecule has 1 aliphatic heterocycles. The first-order valence-corrected chi connectivity index (χ1v) is 10.1. The third-order valence-electron chi connectivity index (χ3n) is 5.02. The van der Waals surface area contributed by atoms with Gasteiger partial charge in [0.2, 0.25) is 0 Å². The van der Waals surface area contributed by atoms with Crippen LogP contribution in [-0.2, 0) is 14.3 Å². The Morgan fingerprint density at radius 2 is 1.66 bits per heavy atom. The third-order valence-corrected chi connectivity index (χ3v) is 5.85. The van der Waals surface area contributed by atoms with Crippen LogP contribution in [0.4, 0.5) is 0 Å². The highest BCUT2D eigenvalue weighted by Gasteiger charge is 2.40. The van der Waals surface area contributed by atoms with Crippen LogP contribution in [-0.4, -0.2) is 46.8 Å². The number of allylic oxidation sites excluding steroid dienone is 2. The summed E-state index contributed by atoms with van der Waals surface area (Å²) in [5, 5.41) is 20.3. The summed E-state index contributed by atoms with van der Waals surface area (Å²) in [7, 11) is 0. The minimum absolute atomic E-state index is 0.0364. The van der Waals surface area contributed by atoms with Gasteiger partial charge in [0.05, 0.1) is 33.7 Å². The smallest absolute Gasteiger partial charge is 0.334 e. The fraction of sp³-hybridized carbons (Fsp3) is 0.429. The molecule has 1 aliphatic rings. The Morgan fingerprint density at radius 1 is 1.07 bits per heavy atom. The lowest BCUT2D eigenvalue weighted by Crippen LogP contribution is -2.36. The summed E-state index contributed by atoms with van der Waals surface area (Å²) in [5.41, 5.74) is 1.20. The third kappa shape index (κ3) is 4.94. The van der Waals surface area contributed by atoms with Crippen molar-refractivity contribution in [2.45, 2.75) is 39.5 Å². The average molecular weight is 442 g/mol. The van der Waals surface area contributed by atoms with Crippen molar-refractivity contribution in [3.63, 3.8) is 0 Å². The number of carbonyl (C=O) groups is 2. The van der Waals surface area contributed by atoms with Crippen molar-refractivity contribution in [1.82, 2.24) is 4.90 Å². The van der Waals surface area contributed by atoms with E-state index in [1.807, 2.05) is 0 Å². The van der Waals surface area contributed by atoms with Gasteiger partial charge in [0.15, 0.2) is 0 Å². The summed E-state index contributed by atoms with van der Waals surface area (Å²) in [5.74, 6) is -3.44. The van der Waals surface area contributed by atoms with Crippen LogP contribution in [0.3, 0.4) is 0 Å². The molecular weight excluding hydrogens is 417 g/mol. The van der Waals surface area contributed by atoms with Crippen LogP contribution in [0.25, 0.3) is 0 Å². The topological polar surface area (TPSA) is 87.1 Å². The maximum atomic E-state index is 12.2. The Hall–Kier alpha value is -2.02. The summed E-state index contributed by atoms with van der Waals surface area (Å²) in [4.78, 5) is 26.0. The molecule has 0 unspecified atom stereocenters. The van der Waals surface area contributed by atoms with E-state index in [9.17, 15) is 19.8 Å². The molecule has 0 saturated carbocycles. The zero-order valence-corrected chi connectivity index (χ0v) is 18.2. The van der Waals surface area contributed by atoms with Crippen LogP contribution >= 0.6 is 23.2 Å². The minimum Gasteiger partial charge on any atom is -0.478 e. The van der Waals surface area contributed by atoms with E-state index >= 15 is 0 Å². The zero-order valence-electron chi connectivity index (χ0n) is 16.7. The van der Waals surface area contributed by atoms with Gasteiger partial charge in [-0.05, 0) is 31.9 Å². The van der Waals surface area contributed by atoms with Gasteiger partial charge in [-0.15, -0.1) is 0 Å². The van der Waals surface area contributed by atoms with E-state index in [1.165, 1.54) is 0 Å². The molecule has 0 aliphatic carbocycles. The SMILES string of the molecule is CCCCOCCN1C(C)=C(C(=O)O)C(c2cccc(Cl)c2Cl)C(C(=O)O)=C1C. The van der Waals surface area contributed by atoms with Crippen LogP contribution in [0.15, 0.2) is 40.7 Å². The molecule has 0 aromatic heterocycles. The Labute approximate surface area is 180 Å². The Balaban J connectivity index is 2.55. The summed E-state index contributed by atoms with van der Waals surface area (Å²) >= 11 is 12.4. The van der Waals surface area contributed by atoms with Gasteiger partial charge in [-0.2, -0.15) is 0 Å². The Bertz CT molecular complexity index is 825. The maximum absolute atomic E-state index is 12.2. The molecule has 8 heteroatoms. The van der Waals surface area contributed by atoms with Gasteiger partial charge in [0, 0.05) is 24.5 Å². The maximum Gasteiger partial charge on any atom is 0.334 e. The van der Waals surface area contributed by atoms with E-state index in [0.29, 0.717) is 36.7 Å². The largest absolute Gasteiger partial charge is 0.478 e. The predicted molar refractivity (Wildman–Crippen MR) is 112 cm³/mol. The Morgan fingerprint density at radius 3 is 2.17 bits per heavy atom. The number of hydrogen-bond donors (Lipinski definition) is 2. The molecule has 2 N–H and O–H groups in total. The lowest BCUT2D eigenvalue weighted by Gasteiger charge is -2.37. The molecule has 0 amide bonds. The first kappa shape index (κ1) is 23.3. The van der Waals surface area contributed by atoms with E-state index in [2.05, 4.69) is 6.92 Å². The van der Waals surface area contributed by atoms with Crippen LogP contribution in [0.1, 0.15) is 45.1 Å². The highest BCUT2D eigenvalue weighted by atomic mass is 35.5. The molecular formula is C21H25Cl2NO5. The van der Waals surface area contributed by atoms with Crippen molar-refractivity contribution in [2.24, 2.45) is 0 Å².